The van der Waals surface area contributed by atoms with E-state index in [1.54, 1.807) is 18.2 Å². The molecule has 0 heterocycles. The summed E-state index contributed by atoms with van der Waals surface area (Å²) in [7, 11) is 0. The summed E-state index contributed by atoms with van der Waals surface area (Å²) in [5.74, 6) is -3.59. The first-order valence-corrected chi connectivity index (χ1v) is 7.50. The van der Waals surface area contributed by atoms with Gasteiger partial charge in [0, 0.05) is 11.6 Å². The Hall–Kier alpha value is -3.87. The van der Waals surface area contributed by atoms with E-state index in [9.17, 15) is 24.6 Å². The van der Waals surface area contributed by atoms with Crippen molar-refractivity contribution in [3.8, 4) is 11.5 Å². The Bertz CT molecular complexity index is 1060. The molecule has 130 valence electrons. The van der Waals surface area contributed by atoms with Crippen LogP contribution in [0.1, 0.15) is 20.7 Å². The molecule has 0 atom stereocenters. The average molecular weight is 351 g/mol. The standard InChI is InChI=1S/C19H13NO6/c21-11-5-4-10-2-1-3-13(15(10)8-11)17(23)18(24)20-16-9-12(22)6-7-14(16)19(25)26/h1-9,21-22H,(H,20,24)(H,25,26). The first-order valence-electron chi connectivity index (χ1n) is 7.50. The molecular weight excluding hydrogens is 338 g/mol. The molecule has 0 saturated carbocycles. The van der Waals surface area contributed by atoms with Gasteiger partial charge < -0.3 is 20.6 Å². The number of anilines is 1. The van der Waals surface area contributed by atoms with Gasteiger partial charge in [-0.1, -0.05) is 24.3 Å². The lowest BCUT2D eigenvalue weighted by Gasteiger charge is -2.10. The van der Waals surface area contributed by atoms with Crippen LogP contribution in [0.3, 0.4) is 0 Å². The summed E-state index contributed by atoms with van der Waals surface area (Å²) in [6, 6.07) is 12.5. The zero-order chi connectivity index (χ0) is 18.8. The maximum absolute atomic E-state index is 12.5. The first kappa shape index (κ1) is 17.0. The number of Topliss-reactive ketones (excluding diaryl/α,β-unsaturated/α-hetero) is 1. The van der Waals surface area contributed by atoms with Crippen LogP contribution in [0, 0.1) is 0 Å². The third-order valence-electron chi connectivity index (χ3n) is 3.80. The van der Waals surface area contributed by atoms with Crippen LogP contribution in [0.15, 0.2) is 54.6 Å². The van der Waals surface area contributed by atoms with Gasteiger partial charge in [0.1, 0.15) is 11.5 Å². The summed E-state index contributed by atoms with van der Waals surface area (Å²) in [6.45, 7) is 0. The van der Waals surface area contributed by atoms with Gasteiger partial charge >= 0.3 is 5.97 Å². The Morgan fingerprint density at radius 3 is 2.23 bits per heavy atom. The number of hydrogen-bond acceptors (Lipinski definition) is 5. The van der Waals surface area contributed by atoms with E-state index in [0.717, 1.165) is 18.2 Å². The fraction of sp³-hybridized carbons (Fsp3) is 0. The van der Waals surface area contributed by atoms with Crippen molar-refractivity contribution in [2.24, 2.45) is 0 Å². The van der Waals surface area contributed by atoms with Gasteiger partial charge in [0.2, 0.25) is 0 Å². The minimum absolute atomic E-state index is 0.0562. The summed E-state index contributed by atoms with van der Waals surface area (Å²) in [4.78, 5) is 36.1. The summed E-state index contributed by atoms with van der Waals surface area (Å²) >= 11 is 0. The predicted molar refractivity (Wildman–Crippen MR) is 93.6 cm³/mol. The molecule has 0 aliphatic heterocycles. The van der Waals surface area contributed by atoms with E-state index in [-0.39, 0.29) is 28.3 Å². The number of ketones is 1. The lowest BCUT2D eigenvalue weighted by molar-refractivity contribution is -0.112. The molecule has 0 spiro atoms. The van der Waals surface area contributed by atoms with Crippen LogP contribution in [0.2, 0.25) is 0 Å². The molecule has 0 radical (unpaired) electrons. The monoisotopic (exact) mass is 351 g/mol. The minimum Gasteiger partial charge on any atom is -0.508 e. The van der Waals surface area contributed by atoms with E-state index in [2.05, 4.69) is 5.32 Å². The number of aromatic hydroxyl groups is 2. The molecule has 4 N–H and O–H groups in total. The summed E-state index contributed by atoms with van der Waals surface area (Å²) < 4.78 is 0. The Labute approximate surface area is 147 Å². The maximum Gasteiger partial charge on any atom is 0.337 e. The molecule has 3 aromatic rings. The fourth-order valence-electron chi connectivity index (χ4n) is 2.58. The molecule has 0 unspecified atom stereocenters. The van der Waals surface area contributed by atoms with E-state index in [4.69, 9.17) is 5.11 Å². The Morgan fingerprint density at radius 2 is 1.50 bits per heavy atom. The molecule has 0 aliphatic carbocycles. The van der Waals surface area contributed by atoms with Crippen molar-refractivity contribution in [2.45, 2.75) is 0 Å². The predicted octanol–water partition coefficient (Wildman–Crippen LogP) is 2.77. The van der Waals surface area contributed by atoms with Crippen LogP contribution in [0.5, 0.6) is 11.5 Å². The van der Waals surface area contributed by atoms with Gasteiger partial charge in [-0.25, -0.2) is 4.79 Å². The van der Waals surface area contributed by atoms with E-state index in [1.165, 1.54) is 18.2 Å². The molecule has 0 aromatic heterocycles. The van der Waals surface area contributed by atoms with Crippen LogP contribution in [-0.2, 0) is 4.79 Å². The average Bonchev–Trinajstić information content (AvgIpc) is 2.60. The summed E-state index contributed by atoms with van der Waals surface area (Å²) in [6.07, 6.45) is 0. The van der Waals surface area contributed by atoms with Crippen LogP contribution >= 0.6 is 0 Å². The van der Waals surface area contributed by atoms with Crippen molar-refractivity contribution in [3.63, 3.8) is 0 Å². The van der Waals surface area contributed by atoms with E-state index < -0.39 is 17.7 Å². The number of carboxylic acid groups (broad SMARTS) is 1. The highest BCUT2D eigenvalue weighted by atomic mass is 16.4. The van der Waals surface area contributed by atoms with E-state index >= 15 is 0 Å². The van der Waals surface area contributed by atoms with E-state index in [1.807, 2.05) is 0 Å². The van der Waals surface area contributed by atoms with Gasteiger partial charge in [-0.2, -0.15) is 0 Å². The molecule has 7 nitrogen and oxygen atoms in total. The van der Waals surface area contributed by atoms with Gasteiger partial charge in [0.15, 0.2) is 0 Å². The van der Waals surface area contributed by atoms with Crippen LogP contribution < -0.4 is 5.32 Å². The highest BCUT2D eigenvalue weighted by Crippen LogP contribution is 2.25. The number of rotatable bonds is 4. The lowest BCUT2D eigenvalue weighted by atomic mass is 10.0. The maximum atomic E-state index is 12.5. The Kier molecular flexibility index (Phi) is 4.28. The number of amides is 1. The molecule has 7 heteroatoms. The molecule has 3 aromatic carbocycles. The van der Waals surface area contributed by atoms with Gasteiger partial charge in [-0.05, 0) is 35.0 Å². The summed E-state index contributed by atoms with van der Waals surface area (Å²) in [5.41, 5.74) is -0.397. The zero-order valence-corrected chi connectivity index (χ0v) is 13.3. The molecule has 0 saturated heterocycles. The highest BCUT2D eigenvalue weighted by Gasteiger charge is 2.21. The molecule has 1 amide bonds. The SMILES string of the molecule is O=C(Nc1cc(O)ccc1C(=O)O)C(=O)c1cccc2ccc(O)cc12. The molecule has 0 bridgehead atoms. The number of phenolic OH excluding ortho intramolecular Hbond substituents is 2. The Balaban J connectivity index is 1.97. The van der Waals surface area contributed by atoms with Gasteiger partial charge in [-0.15, -0.1) is 0 Å². The van der Waals surface area contributed by atoms with Gasteiger partial charge in [-0.3, -0.25) is 9.59 Å². The number of fused-ring (bicyclic) bond motifs is 1. The molecule has 0 fully saturated rings. The first-order chi connectivity index (χ1) is 12.4. The number of benzene rings is 3. The van der Waals surface area contributed by atoms with Crippen molar-refractivity contribution in [1.82, 2.24) is 0 Å². The number of hydrogen-bond donors (Lipinski definition) is 4. The number of carbonyl (C=O) groups is 3. The Morgan fingerprint density at radius 1 is 0.808 bits per heavy atom. The molecular formula is C19H13NO6. The van der Waals surface area contributed by atoms with Crippen molar-refractivity contribution in [3.05, 3.63) is 65.7 Å². The summed E-state index contributed by atoms with van der Waals surface area (Å²) in [5, 5.41) is 31.6. The van der Waals surface area contributed by atoms with Crippen molar-refractivity contribution in [2.75, 3.05) is 5.32 Å². The van der Waals surface area contributed by atoms with Crippen molar-refractivity contribution >= 4 is 34.1 Å². The van der Waals surface area contributed by atoms with Crippen LogP contribution in [-0.4, -0.2) is 33.0 Å². The smallest absolute Gasteiger partial charge is 0.337 e. The molecule has 0 aliphatic rings. The van der Waals surface area contributed by atoms with E-state index in [0.29, 0.717) is 10.8 Å². The third kappa shape index (κ3) is 3.18. The number of carbonyl (C=O) groups excluding carboxylic acids is 2. The topological polar surface area (TPSA) is 124 Å². The number of carboxylic acids is 1. The number of nitrogens with one attached hydrogen (secondary N) is 1. The normalized spacial score (nSPS) is 10.5. The highest BCUT2D eigenvalue weighted by molar-refractivity contribution is 6.48. The minimum atomic E-state index is -1.32. The fourth-order valence-corrected chi connectivity index (χ4v) is 2.58. The largest absolute Gasteiger partial charge is 0.508 e. The van der Waals surface area contributed by atoms with Crippen molar-refractivity contribution in [1.29, 1.82) is 0 Å². The third-order valence-corrected chi connectivity index (χ3v) is 3.80. The van der Waals surface area contributed by atoms with Crippen LogP contribution in [0.4, 0.5) is 5.69 Å². The van der Waals surface area contributed by atoms with Crippen molar-refractivity contribution < 1.29 is 29.7 Å². The van der Waals surface area contributed by atoms with Crippen LogP contribution in [0.25, 0.3) is 10.8 Å². The van der Waals surface area contributed by atoms with Gasteiger partial charge in [0.05, 0.1) is 11.3 Å². The lowest BCUT2D eigenvalue weighted by Crippen LogP contribution is -2.24. The second kappa shape index (κ2) is 6.56. The zero-order valence-electron chi connectivity index (χ0n) is 13.3. The molecule has 26 heavy (non-hydrogen) atoms. The number of aromatic carboxylic acids is 1. The second-order valence-electron chi connectivity index (χ2n) is 5.53. The number of phenols is 2. The van der Waals surface area contributed by atoms with Gasteiger partial charge in [0.25, 0.3) is 11.7 Å². The molecule has 3 rings (SSSR count). The second-order valence-corrected chi connectivity index (χ2v) is 5.53. The quantitative estimate of drug-likeness (QED) is 0.423.